The molecule has 0 unspecified atom stereocenters. The maximum Gasteiger partial charge on any atom is 0.220 e. The lowest BCUT2D eigenvalue weighted by molar-refractivity contribution is -0.121. The number of hydrogen-bond acceptors (Lipinski definition) is 4. The van der Waals surface area contributed by atoms with Gasteiger partial charge in [0.15, 0.2) is 0 Å². The minimum absolute atomic E-state index is 0.0682. The zero-order valence-corrected chi connectivity index (χ0v) is 15.3. The van der Waals surface area contributed by atoms with Crippen molar-refractivity contribution in [1.29, 1.82) is 0 Å². The molecule has 25 heavy (non-hydrogen) atoms. The molecule has 134 valence electrons. The molecule has 3 rings (SSSR count). The smallest absolute Gasteiger partial charge is 0.220 e. The Kier molecular flexibility index (Phi) is 6.48. The van der Waals surface area contributed by atoms with Gasteiger partial charge in [0.2, 0.25) is 5.91 Å². The second-order valence-corrected chi connectivity index (χ2v) is 7.79. The molecular weight excluding hydrogens is 332 g/mol. The van der Waals surface area contributed by atoms with Crippen LogP contribution in [0.15, 0.2) is 41.8 Å². The number of carbonyl (C=O) groups is 1. The van der Waals surface area contributed by atoms with Crippen LogP contribution in [-0.2, 0) is 17.8 Å². The maximum absolute atomic E-state index is 12.1. The fraction of sp³-hybridized carbons (Fsp3) is 0.450. The molecule has 0 aliphatic carbocycles. The van der Waals surface area contributed by atoms with Gasteiger partial charge in [-0.1, -0.05) is 24.3 Å². The van der Waals surface area contributed by atoms with Gasteiger partial charge < -0.3 is 10.4 Å². The number of aromatic hydroxyl groups is 1. The third-order valence-corrected chi connectivity index (χ3v) is 5.62. The Morgan fingerprint density at radius 3 is 2.96 bits per heavy atom. The standard InChI is InChI=1S/C20H26N2O2S/c23-19-8-2-1-6-17(19)9-10-20(24)21-13-16-5-3-11-22(14-16)15-18-7-4-12-25-18/h1-2,4,6-8,12,16,23H,3,5,9-11,13-15H2,(H,21,24)/t16-/m1/s1. The topological polar surface area (TPSA) is 52.6 Å². The third kappa shape index (κ3) is 5.58. The second kappa shape index (κ2) is 9.02. The first kappa shape index (κ1) is 18.0. The van der Waals surface area contributed by atoms with Crippen molar-refractivity contribution >= 4 is 17.2 Å². The van der Waals surface area contributed by atoms with Crippen LogP contribution < -0.4 is 5.32 Å². The highest BCUT2D eigenvalue weighted by Gasteiger charge is 2.20. The van der Waals surface area contributed by atoms with Gasteiger partial charge in [-0.2, -0.15) is 0 Å². The minimum Gasteiger partial charge on any atom is -0.508 e. The summed E-state index contributed by atoms with van der Waals surface area (Å²) in [6.45, 7) is 3.98. The van der Waals surface area contributed by atoms with Crippen LogP contribution in [0.25, 0.3) is 0 Å². The highest BCUT2D eigenvalue weighted by molar-refractivity contribution is 7.09. The van der Waals surface area contributed by atoms with E-state index in [1.54, 1.807) is 12.1 Å². The number of phenolic OH excluding ortho intramolecular Hbond substituents is 1. The first-order valence-electron chi connectivity index (χ1n) is 8.99. The van der Waals surface area contributed by atoms with Crippen LogP contribution in [-0.4, -0.2) is 35.5 Å². The van der Waals surface area contributed by atoms with E-state index in [1.807, 2.05) is 23.5 Å². The number of carbonyl (C=O) groups excluding carboxylic acids is 1. The van der Waals surface area contributed by atoms with Crippen molar-refractivity contribution in [3.05, 3.63) is 52.2 Å². The zero-order chi connectivity index (χ0) is 17.5. The van der Waals surface area contributed by atoms with E-state index in [9.17, 15) is 9.90 Å². The van der Waals surface area contributed by atoms with E-state index in [1.165, 1.54) is 17.7 Å². The summed E-state index contributed by atoms with van der Waals surface area (Å²) in [5.74, 6) is 0.869. The molecule has 1 atom stereocenters. The highest BCUT2D eigenvalue weighted by Crippen LogP contribution is 2.20. The van der Waals surface area contributed by atoms with E-state index < -0.39 is 0 Å². The normalized spacial score (nSPS) is 18.2. The Labute approximate surface area is 153 Å². The molecule has 5 heteroatoms. The molecule has 1 aromatic carbocycles. The average Bonchev–Trinajstić information content (AvgIpc) is 3.12. The summed E-state index contributed by atoms with van der Waals surface area (Å²) in [7, 11) is 0. The average molecular weight is 359 g/mol. The van der Waals surface area contributed by atoms with Crippen molar-refractivity contribution in [3.63, 3.8) is 0 Å². The number of hydrogen-bond donors (Lipinski definition) is 2. The molecule has 2 heterocycles. The first-order chi connectivity index (χ1) is 12.2. The molecule has 1 aliphatic rings. The van der Waals surface area contributed by atoms with Crippen LogP contribution in [0.3, 0.4) is 0 Å². The maximum atomic E-state index is 12.1. The predicted molar refractivity (Wildman–Crippen MR) is 102 cm³/mol. The third-order valence-electron chi connectivity index (χ3n) is 4.76. The van der Waals surface area contributed by atoms with Crippen LogP contribution in [0.5, 0.6) is 5.75 Å². The van der Waals surface area contributed by atoms with Crippen LogP contribution in [0.4, 0.5) is 0 Å². The molecule has 0 spiro atoms. The van der Waals surface area contributed by atoms with Crippen molar-refractivity contribution in [2.45, 2.75) is 32.2 Å². The molecule has 1 amide bonds. The summed E-state index contributed by atoms with van der Waals surface area (Å²) in [5, 5.41) is 15.0. The first-order valence-corrected chi connectivity index (χ1v) is 9.87. The van der Waals surface area contributed by atoms with Gasteiger partial charge >= 0.3 is 0 Å². The number of rotatable bonds is 7. The van der Waals surface area contributed by atoms with Gasteiger partial charge in [0.25, 0.3) is 0 Å². The number of aryl methyl sites for hydroxylation is 1. The van der Waals surface area contributed by atoms with Crippen molar-refractivity contribution in [2.75, 3.05) is 19.6 Å². The van der Waals surface area contributed by atoms with Gasteiger partial charge in [-0.05, 0) is 54.8 Å². The van der Waals surface area contributed by atoms with Gasteiger partial charge in [-0.3, -0.25) is 9.69 Å². The number of nitrogens with one attached hydrogen (secondary N) is 1. The number of nitrogens with zero attached hydrogens (tertiary/aromatic N) is 1. The summed E-state index contributed by atoms with van der Waals surface area (Å²) in [6, 6.07) is 11.5. The lowest BCUT2D eigenvalue weighted by atomic mass is 9.98. The fourth-order valence-corrected chi connectivity index (χ4v) is 4.15. The van der Waals surface area contributed by atoms with Gasteiger partial charge in [-0.15, -0.1) is 11.3 Å². The van der Waals surface area contributed by atoms with Crippen LogP contribution >= 0.6 is 11.3 Å². The zero-order valence-electron chi connectivity index (χ0n) is 14.5. The summed E-state index contributed by atoms with van der Waals surface area (Å²) in [4.78, 5) is 16.0. The monoisotopic (exact) mass is 358 g/mol. The Morgan fingerprint density at radius 1 is 1.28 bits per heavy atom. The summed E-state index contributed by atoms with van der Waals surface area (Å²) >= 11 is 1.81. The molecule has 1 aromatic heterocycles. The minimum atomic E-state index is 0.0682. The van der Waals surface area contributed by atoms with Gasteiger partial charge in [0, 0.05) is 30.9 Å². The van der Waals surface area contributed by atoms with E-state index in [2.05, 4.69) is 27.7 Å². The number of benzene rings is 1. The van der Waals surface area contributed by atoms with E-state index in [0.717, 1.165) is 31.7 Å². The molecule has 1 fully saturated rings. The van der Waals surface area contributed by atoms with Gasteiger partial charge in [0.05, 0.1) is 0 Å². The molecule has 0 saturated carbocycles. The van der Waals surface area contributed by atoms with Crippen LogP contribution in [0.1, 0.15) is 29.7 Å². The molecule has 2 N–H and O–H groups in total. The van der Waals surface area contributed by atoms with Crippen LogP contribution in [0.2, 0.25) is 0 Å². The van der Waals surface area contributed by atoms with E-state index in [0.29, 0.717) is 18.8 Å². The van der Waals surface area contributed by atoms with Crippen molar-refractivity contribution < 1.29 is 9.90 Å². The Morgan fingerprint density at radius 2 is 2.16 bits per heavy atom. The summed E-state index contributed by atoms with van der Waals surface area (Å²) in [5.41, 5.74) is 0.831. The molecule has 0 radical (unpaired) electrons. The van der Waals surface area contributed by atoms with Crippen LogP contribution in [0, 0.1) is 5.92 Å². The van der Waals surface area contributed by atoms with Crippen molar-refractivity contribution in [2.24, 2.45) is 5.92 Å². The number of amides is 1. The van der Waals surface area contributed by atoms with E-state index in [-0.39, 0.29) is 11.7 Å². The van der Waals surface area contributed by atoms with E-state index in [4.69, 9.17) is 0 Å². The fourth-order valence-electron chi connectivity index (χ4n) is 3.40. The molecule has 4 nitrogen and oxygen atoms in total. The highest BCUT2D eigenvalue weighted by atomic mass is 32.1. The lowest BCUT2D eigenvalue weighted by Crippen LogP contribution is -2.40. The molecule has 1 aliphatic heterocycles. The van der Waals surface area contributed by atoms with Crippen molar-refractivity contribution in [3.8, 4) is 5.75 Å². The van der Waals surface area contributed by atoms with E-state index >= 15 is 0 Å². The molecule has 2 aromatic rings. The second-order valence-electron chi connectivity index (χ2n) is 6.76. The molecular formula is C20H26N2O2S. The number of piperidine rings is 1. The summed E-state index contributed by atoms with van der Waals surface area (Å²) < 4.78 is 0. The number of thiophene rings is 1. The van der Waals surface area contributed by atoms with Gasteiger partial charge in [-0.25, -0.2) is 0 Å². The molecule has 1 saturated heterocycles. The Bertz CT molecular complexity index is 672. The number of para-hydroxylation sites is 1. The van der Waals surface area contributed by atoms with Gasteiger partial charge in [0.1, 0.15) is 5.75 Å². The lowest BCUT2D eigenvalue weighted by Gasteiger charge is -2.32. The largest absolute Gasteiger partial charge is 0.508 e. The Balaban J connectivity index is 1.38. The SMILES string of the molecule is O=C(CCc1ccccc1O)NC[C@H]1CCCN(Cc2cccs2)C1. The number of phenols is 1. The summed E-state index contributed by atoms with van der Waals surface area (Å²) in [6.07, 6.45) is 3.38. The molecule has 0 bridgehead atoms. The Hall–Kier alpha value is -1.85. The quantitative estimate of drug-likeness (QED) is 0.797. The van der Waals surface area contributed by atoms with Crippen molar-refractivity contribution in [1.82, 2.24) is 10.2 Å². The number of likely N-dealkylation sites (tertiary alicyclic amines) is 1. The predicted octanol–water partition coefficient (Wildman–Crippen LogP) is 3.41.